The molecule has 0 aromatic rings. The van der Waals surface area contributed by atoms with Crippen LogP contribution in [0.4, 0.5) is 0 Å². The van der Waals surface area contributed by atoms with Crippen molar-refractivity contribution in [3.63, 3.8) is 0 Å². The van der Waals surface area contributed by atoms with Gasteiger partial charge in [0.1, 0.15) is 6.10 Å². The lowest BCUT2D eigenvalue weighted by molar-refractivity contribution is -0.252. The molecular weight excluding hydrogens is 604 g/mol. The van der Waals surface area contributed by atoms with Crippen molar-refractivity contribution < 1.29 is 29.5 Å². The number of rotatable bonds is 6. The van der Waals surface area contributed by atoms with Crippen LogP contribution in [0.25, 0.3) is 0 Å². The largest absolute Gasteiger partial charge is 0.393 e. The van der Waals surface area contributed by atoms with Crippen LogP contribution >= 0.6 is 0 Å². The number of ether oxygens (including phenoxy) is 3. The van der Waals surface area contributed by atoms with Crippen LogP contribution in [0.1, 0.15) is 107 Å². The standard InChI is InChI=1S/C40H67N2O6/c1-23(2)42-19-25(20-42)41-16-17-46-30(21-41)48-29-12-13-39-22-40(39)15-14-37(8)31-24(3)18-26(33(43)36(6,7)45)47-32(31)34(44)38(37,9)28(40)11-10-27(39)35(29,4)5/h23-34,43-45H,9-22H2,1-8H3/q-1. The minimum absolute atomic E-state index is 0.0543. The average molecular weight is 672 g/mol. The van der Waals surface area contributed by atoms with Crippen molar-refractivity contribution >= 4 is 0 Å². The Morgan fingerprint density at radius 2 is 1.67 bits per heavy atom. The molecule has 8 nitrogen and oxygen atoms in total. The molecule has 8 fully saturated rings. The molecule has 14 unspecified atom stereocenters. The van der Waals surface area contributed by atoms with Crippen molar-refractivity contribution in [2.45, 2.75) is 161 Å². The van der Waals surface area contributed by atoms with E-state index in [4.69, 9.17) is 21.1 Å². The fourth-order valence-electron chi connectivity index (χ4n) is 14.3. The fraction of sp³-hybridized carbons (Fsp3) is 0.975. The Hall–Kier alpha value is -0.320. The third-order valence-corrected chi connectivity index (χ3v) is 17.0. The molecule has 48 heavy (non-hydrogen) atoms. The highest BCUT2D eigenvalue weighted by molar-refractivity contribution is 5.34. The molecule has 5 aliphatic carbocycles. The summed E-state index contributed by atoms with van der Waals surface area (Å²) in [5.41, 5.74) is -1.28. The van der Waals surface area contributed by atoms with E-state index in [1.54, 1.807) is 13.8 Å². The third-order valence-electron chi connectivity index (χ3n) is 17.0. The van der Waals surface area contributed by atoms with Crippen LogP contribution in [0.15, 0.2) is 0 Å². The molecule has 0 amide bonds. The molecule has 0 radical (unpaired) electrons. The summed E-state index contributed by atoms with van der Waals surface area (Å²) in [6.07, 6.45) is 6.33. The maximum atomic E-state index is 12.4. The molecule has 0 aromatic carbocycles. The summed E-state index contributed by atoms with van der Waals surface area (Å²) in [6.45, 7) is 27.6. The predicted molar refractivity (Wildman–Crippen MR) is 185 cm³/mol. The molecule has 0 aromatic heterocycles. The van der Waals surface area contributed by atoms with Gasteiger partial charge in [-0.1, -0.05) is 40.0 Å². The summed E-state index contributed by atoms with van der Waals surface area (Å²) in [6, 6.07) is 1.24. The minimum Gasteiger partial charge on any atom is -0.393 e. The van der Waals surface area contributed by atoms with Gasteiger partial charge in [-0.2, -0.15) is 0 Å². The van der Waals surface area contributed by atoms with Gasteiger partial charge in [-0.3, -0.25) is 9.80 Å². The van der Waals surface area contributed by atoms with Gasteiger partial charge in [0.05, 0.1) is 36.6 Å². The van der Waals surface area contributed by atoms with Crippen LogP contribution in [-0.4, -0.2) is 112 Å². The zero-order valence-corrected chi connectivity index (χ0v) is 31.3. The quantitative estimate of drug-likeness (QED) is 0.344. The highest BCUT2D eigenvalue weighted by Gasteiger charge is 2.83. The molecule has 5 saturated carbocycles. The molecule has 2 spiro atoms. The zero-order valence-electron chi connectivity index (χ0n) is 31.3. The summed E-state index contributed by atoms with van der Waals surface area (Å²) in [5, 5.41) is 34.1. The lowest BCUT2D eigenvalue weighted by Gasteiger charge is -2.67. The zero-order chi connectivity index (χ0) is 34.4. The summed E-state index contributed by atoms with van der Waals surface area (Å²) < 4.78 is 19.9. The normalized spacial score (nSPS) is 52.8. The SMILES string of the molecule is [CH2-]C12C(O)C3OC(C(O)C(C)(C)O)CC(C)C3C1(C)CCC13CC14CCC(OC1CN(C5CN(C(C)C)C5)CCO1)C(C)(C)C4CCC32. The molecule has 3 aliphatic heterocycles. The number of nitrogens with zero attached hydrogens (tertiary/aromatic N) is 2. The van der Waals surface area contributed by atoms with Crippen LogP contribution < -0.4 is 0 Å². The number of hydrogen-bond donors (Lipinski definition) is 3. The molecule has 3 N–H and O–H groups in total. The van der Waals surface area contributed by atoms with E-state index in [1.807, 2.05) is 0 Å². The Kier molecular flexibility index (Phi) is 8.04. The van der Waals surface area contributed by atoms with Crippen LogP contribution in [0.3, 0.4) is 0 Å². The van der Waals surface area contributed by atoms with Gasteiger partial charge < -0.3 is 36.5 Å². The van der Waals surface area contributed by atoms with Gasteiger partial charge in [0, 0.05) is 38.3 Å². The topological polar surface area (TPSA) is 94.9 Å². The van der Waals surface area contributed by atoms with Gasteiger partial charge in [-0.25, -0.2) is 0 Å². The monoisotopic (exact) mass is 672 g/mol. The van der Waals surface area contributed by atoms with E-state index in [2.05, 4.69) is 51.3 Å². The second-order valence-electron chi connectivity index (χ2n) is 20.0. The lowest BCUT2D eigenvalue weighted by atomic mass is 9.41. The predicted octanol–water partition coefficient (Wildman–Crippen LogP) is 4.88. The first kappa shape index (κ1) is 34.7. The van der Waals surface area contributed by atoms with E-state index < -0.39 is 29.3 Å². The molecular formula is C40H67N2O6-. The van der Waals surface area contributed by atoms with Crippen molar-refractivity contribution in [2.24, 2.45) is 50.7 Å². The maximum Gasteiger partial charge on any atom is 0.170 e. The van der Waals surface area contributed by atoms with E-state index in [0.29, 0.717) is 35.8 Å². The molecule has 8 rings (SSSR count). The summed E-state index contributed by atoms with van der Waals surface area (Å²) in [7, 11) is 0. The van der Waals surface area contributed by atoms with Crippen LogP contribution in [0.5, 0.6) is 0 Å². The molecule has 3 heterocycles. The first-order chi connectivity index (χ1) is 22.4. The van der Waals surface area contributed by atoms with Gasteiger partial charge in [0.25, 0.3) is 0 Å². The third kappa shape index (κ3) is 4.54. The van der Waals surface area contributed by atoms with Gasteiger partial charge in [0.2, 0.25) is 0 Å². The Morgan fingerprint density at radius 3 is 2.35 bits per heavy atom. The lowest BCUT2D eigenvalue weighted by Crippen LogP contribution is -2.64. The van der Waals surface area contributed by atoms with Crippen LogP contribution in [0.2, 0.25) is 0 Å². The molecule has 3 saturated heterocycles. The van der Waals surface area contributed by atoms with Crippen LogP contribution in [-0.2, 0) is 14.2 Å². The van der Waals surface area contributed by atoms with Crippen molar-refractivity contribution in [1.29, 1.82) is 0 Å². The second kappa shape index (κ2) is 11.1. The van der Waals surface area contributed by atoms with Gasteiger partial charge >= 0.3 is 0 Å². The second-order valence-corrected chi connectivity index (χ2v) is 20.0. The van der Waals surface area contributed by atoms with Gasteiger partial charge in [-0.05, 0) is 112 Å². The fourth-order valence-corrected chi connectivity index (χ4v) is 14.3. The summed E-state index contributed by atoms with van der Waals surface area (Å²) >= 11 is 0. The molecule has 8 aliphatic rings. The first-order valence-corrected chi connectivity index (χ1v) is 19.8. The molecule has 0 bridgehead atoms. The molecule has 14 atom stereocenters. The summed E-state index contributed by atoms with van der Waals surface area (Å²) in [4.78, 5) is 5.16. The molecule has 8 heteroatoms. The number of aliphatic hydroxyl groups is 3. The average Bonchev–Trinajstić information content (AvgIpc) is 3.61. The summed E-state index contributed by atoms with van der Waals surface area (Å²) in [5.74, 6) is 1.44. The number of aliphatic hydroxyl groups excluding tert-OH is 2. The highest BCUT2D eigenvalue weighted by Crippen LogP contribution is 2.89. The molecule has 274 valence electrons. The smallest absolute Gasteiger partial charge is 0.170 e. The maximum absolute atomic E-state index is 12.4. The van der Waals surface area contributed by atoms with Crippen molar-refractivity contribution in [1.82, 2.24) is 9.80 Å². The van der Waals surface area contributed by atoms with Gasteiger partial charge in [-0.15, -0.1) is 5.41 Å². The Labute approximate surface area is 290 Å². The number of likely N-dealkylation sites (tertiary alicyclic amines) is 1. The Morgan fingerprint density at radius 1 is 0.979 bits per heavy atom. The van der Waals surface area contributed by atoms with E-state index in [1.165, 1.54) is 19.3 Å². The van der Waals surface area contributed by atoms with E-state index in [0.717, 1.165) is 58.5 Å². The minimum atomic E-state index is -1.26. The van der Waals surface area contributed by atoms with E-state index >= 15 is 0 Å². The van der Waals surface area contributed by atoms with E-state index in [-0.39, 0.29) is 46.6 Å². The first-order valence-electron chi connectivity index (χ1n) is 19.8. The number of morpholine rings is 1. The number of fused-ring (bicyclic) bond motifs is 4. The van der Waals surface area contributed by atoms with Crippen molar-refractivity contribution in [2.75, 3.05) is 32.8 Å². The van der Waals surface area contributed by atoms with Gasteiger partial charge in [0.15, 0.2) is 6.29 Å². The Balaban J connectivity index is 0.991. The van der Waals surface area contributed by atoms with Crippen molar-refractivity contribution in [3.05, 3.63) is 6.92 Å². The van der Waals surface area contributed by atoms with Crippen molar-refractivity contribution in [3.8, 4) is 0 Å². The highest BCUT2D eigenvalue weighted by atomic mass is 16.7. The number of hydrogen-bond acceptors (Lipinski definition) is 8. The Bertz CT molecular complexity index is 1250. The van der Waals surface area contributed by atoms with E-state index in [9.17, 15) is 15.3 Å². The van der Waals surface area contributed by atoms with Crippen LogP contribution in [0, 0.1) is 57.7 Å².